The summed E-state index contributed by atoms with van der Waals surface area (Å²) in [6.07, 6.45) is 0.851. The molecule has 0 amide bonds. The Morgan fingerprint density at radius 1 is 0.900 bits per heavy atom. The molecule has 1 aliphatic heterocycles. The van der Waals surface area contributed by atoms with Crippen LogP contribution in [-0.4, -0.2) is 64.3 Å². The molecular weight excluding hydrogens is 264 g/mol. The van der Waals surface area contributed by atoms with E-state index >= 15 is 0 Å². The maximum atomic E-state index is 9.75. The van der Waals surface area contributed by atoms with Gasteiger partial charge in [-0.1, -0.05) is 39.0 Å². The zero-order chi connectivity index (χ0) is 15.0. The number of aliphatic hydroxyl groups excluding tert-OH is 4. The lowest BCUT2D eigenvalue weighted by atomic mass is 9.99. The minimum absolute atomic E-state index is 0.425. The van der Waals surface area contributed by atoms with E-state index in [2.05, 4.69) is 6.92 Å². The van der Waals surface area contributed by atoms with Crippen LogP contribution in [0.5, 0.6) is 0 Å². The second-order valence-corrected chi connectivity index (χ2v) is 5.34. The molecule has 0 aromatic carbocycles. The molecule has 5 atom stereocenters. The van der Waals surface area contributed by atoms with Crippen molar-refractivity contribution in [2.75, 3.05) is 13.2 Å². The molecule has 0 saturated carbocycles. The summed E-state index contributed by atoms with van der Waals surface area (Å²) in [5.41, 5.74) is 0. The minimum atomic E-state index is -1.37. The maximum absolute atomic E-state index is 9.75. The smallest absolute Gasteiger partial charge is 0.186 e. The Hall–Kier alpha value is -0.240. The van der Waals surface area contributed by atoms with E-state index in [1.54, 1.807) is 0 Å². The fourth-order valence-corrected chi connectivity index (χ4v) is 2.29. The van der Waals surface area contributed by atoms with Crippen molar-refractivity contribution in [2.24, 2.45) is 0 Å². The summed E-state index contributed by atoms with van der Waals surface area (Å²) in [7, 11) is 0. The van der Waals surface area contributed by atoms with E-state index in [0.717, 1.165) is 19.3 Å². The topological polar surface area (TPSA) is 99.4 Å². The van der Waals surface area contributed by atoms with Gasteiger partial charge in [0.1, 0.15) is 24.4 Å². The third kappa shape index (κ3) is 5.27. The number of unbranched alkanes of at least 4 members (excludes halogenated alkanes) is 5. The lowest BCUT2D eigenvalue weighted by molar-refractivity contribution is -0.301. The van der Waals surface area contributed by atoms with Crippen molar-refractivity contribution in [3.63, 3.8) is 0 Å². The average Bonchev–Trinajstić information content (AvgIpc) is 2.46. The van der Waals surface area contributed by atoms with Crippen LogP contribution < -0.4 is 0 Å². The number of ether oxygens (including phenoxy) is 2. The van der Waals surface area contributed by atoms with Crippen molar-refractivity contribution in [3.8, 4) is 0 Å². The first-order valence-electron chi connectivity index (χ1n) is 7.54. The molecular formula is C14H28O6. The Labute approximate surface area is 120 Å². The van der Waals surface area contributed by atoms with E-state index in [-0.39, 0.29) is 0 Å². The van der Waals surface area contributed by atoms with Gasteiger partial charge in [0.05, 0.1) is 6.61 Å². The first-order chi connectivity index (χ1) is 9.61. The monoisotopic (exact) mass is 292 g/mol. The molecule has 1 rings (SSSR count). The van der Waals surface area contributed by atoms with E-state index in [9.17, 15) is 15.3 Å². The van der Waals surface area contributed by atoms with Crippen molar-refractivity contribution >= 4 is 0 Å². The standard InChI is InChI=1S/C14H28O6/c1-2-3-4-5-6-7-8-19-14-13(18)12(17)11(16)10(9-15)20-14/h10-18H,2-9H2,1H3/t10?,11-,12+,13?,14-/m1/s1. The third-order valence-corrected chi connectivity index (χ3v) is 3.63. The van der Waals surface area contributed by atoms with Gasteiger partial charge in [-0.25, -0.2) is 0 Å². The number of hydrogen-bond donors (Lipinski definition) is 4. The Morgan fingerprint density at radius 2 is 1.55 bits per heavy atom. The lowest BCUT2D eigenvalue weighted by Crippen LogP contribution is -2.59. The van der Waals surface area contributed by atoms with Crippen molar-refractivity contribution in [1.82, 2.24) is 0 Å². The molecule has 0 radical (unpaired) electrons. The highest BCUT2D eigenvalue weighted by molar-refractivity contribution is 4.88. The molecule has 1 saturated heterocycles. The maximum Gasteiger partial charge on any atom is 0.186 e. The fraction of sp³-hybridized carbons (Fsp3) is 1.00. The van der Waals surface area contributed by atoms with Crippen molar-refractivity contribution in [2.45, 2.75) is 76.2 Å². The average molecular weight is 292 g/mol. The van der Waals surface area contributed by atoms with Crippen molar-refractivity contribution < 1.29 is 29.9 Å². The molecule has 1 aliphatic rings. The molecule has 0 aromatic rings. The summed E-state index contributed by atoms with van der Waals surface area (Å²) in [4.78, 5) is 0. The van der Waals surface area contributed by atoms with Gasteiger partial charge < -0.3 is 29.9 Å². The van der Waals surface area contributed by atoms with Gasteiger partial charge in [0.2, 0.25) is 0 Å². The number of rotatable bonds is 9. The number of aliphatic hydroxyl groups is 4. The number of hydrogen-bond acceptors (Lipinski definition) is 6. The van der Waals surface area contributed by atoms with Crippen LogP contribution in [0, 0.1) is 0 Å². The normalized spacial score (nSPS) is 34.4. The lowest BCUT2D eigenvalue weighted by Gasteiger charge is -2.39. The molecule has 1 fully saturated rings. The second-order valence-electron chi connectivity index (χ2n) is 5.34. The summed E-state index contributed by atoms with van der Waals surface area (Å²) in [6.45, 7) is 2.17. The van der Waals surface area contributed by atoms with Gasteiger partial charge in [-0.15, -0.1) is 0 Å². The SMILES string of the molecule is CCCCCCCCO[C@@H]1OC(CO)[C@@H](O)[C@H](O)C1O. The van der Waals surface area contributed by atoms with Crippen molar-refractivity contribution in [1.29, 1.82) is 0 Å². The summed E-state index contributed by atoms with van der Waals surface area (Å²) in [5.74, 6) is 0. The molecule has 0 spiro atoms. The summed E-state index contributed by atoms with van der Waals surface area (Å²) >= 11 is 0. The third-order valence-electron chi connectivity index (χ3n) is 3.63. The zero-order valence-electron chi connectivity index (χ0n) is 12.1. The first-order valence-corrected chi connectivity index (χ1v) is 7.54. The van der Waals surface area contributed by atoms with Gasteiger partial charge in [-0.05, 0) is 6.42 Å². The van der Waals surface area contributed by atoms with Crippen LogP contribution in [0.1, 0.15) is 45.4 Å². The van der Waals surface area contributed by atoms with Gasteiger partial charge in [0.25, 0.3) is 0 Å². The second kappa shape index (κ2) is 9.65. The quantitative estimate of drug-likeness (QED) is 0.452. The molecule has 1 heterocycles. The van der Waals surface area contributed by atoms with Crippen LogP contribution in [0.25, 0.3) is 0 Å². The van der Waals surface area contributed by atoms with Crippen LogP contribution in [0.4, 0.5) is 0 Å². The minimum Gasteiger partial charge on any atom is -0.394 e. The molecule has 6 heteroatoms. The zero-order valence-corrected chi connectivity index (χ0v) is 12.1. The van der Waals surface area contributed by atoms with Crippen LogP contribution in [0.3, 0.4) is 0 Å². The molecule has 0 aliphatic carbocycles. The molecule has 0 bridgehead atoms. The van der Waals surface area contributed by atoms with Gasteiger partial charge >= 0.3 is 0 Å². The van der Waals surface area contributed by atoms with Crippen LogP contribution in [0.15, 0.2) is 0 Å². The first kappa shape index (κ1) is 17.8. The Kier molecular flexibility index (Phi) is 8.60. The Morgan fingerprint density at radius 3 is 2.20 bits per heavy atom. The van der Waals surface area contributed by atoms with E-state index in [0.29, 0.717) is 6.61 Å². The molecule has 0 aromatic heterocycles. The van der Waals surface area contributed by atoms with E-state index in [4.69, 9.17) is 14.6 Å². The predicted molar refractivity (Wildman–Crippen MR) is 73.1 cm³/mol. The summed E-state index contributed by atoms with van der Waals surface area (Å²) in [5, 5.41) is 38.0. The van der Waals surface area contributed by atoms with Crippen LogP contribution in [0.2, 0.25) is 0 Å². The summed E-state index contributed by atoms with van der Waals surface area (Å²) in [6, 6.07) is 0. The van der Waals surface area contributed by atoms with Crippen molar-refractivity contribution in [3.05, 3.63) is 0 Å². The summed E-state index contributed by atoms with van der Waals surface area (Å²) < 4.78 is 10.6. The van der Waals surface area contributed by atoms with Gasteiger partial charge in [0.15, 0.2) is 6.29 Å². The van der Waals surface area contributed by atoms with Gasteiger partial charge in [0, 0.05) is 6.61 Å². The largest absolute Gasteiger partial charge is 0.394 e. The molecule has 120 valence electrons. The van der Waals surface area contributed by atoms with E-state index in [1.165, 1.54) is 19.3 Å². The van der Waals surface area contributed by atoms with Crippen LogP contribution in [-0.2, 0) is 9.47 Å². The molecule has 6 nitrogen and oxygen atoms in total. The molecule has 4 N–H and O–H groups in total. The van der Waals surface area contributed by atoms with E-state index < -0.39 is 37.3 Å². The fourth-order valence-electron chi connectivity index (χ4n) is 2.29. The Balaban J connectivity index is 2.21. The van der Waals surface area contributed by atoms with Gasteiger partial charge in [-0.2, -0.15) is 0 Å². The highest BCUT2D eigenvalue weighted by Crippen LogP contribution is 2.22. The molecule has 2 unspecified atom stereocenters. The predicted octanol–water partition coefficient (Wildman–Crippen LogP) is 0.163. The van der Waals surface area contributed by atoms with E-state index in [1.807, 2.05) is 0 Å². The van der Waals surface area contributed by atoms with Gasteiger partial charge in [-0.3, -0.25) is 0 Å². The highest BCUT2D eigenvalue weighted by atomic mass is 16.7. The Bertz CT molecular complexity index is 248. The highest BCUT2D eigenvalue weighted by Gasteiger charge is 2.43. The molecule has 20 heavy (non-hydrogen) atoms. The van der Waals surface area contributed by atoms with Crippen LogP contribution >= 0.6 is 0 Å².